The van der Waals surface area contributed by atoms with Gasteiger partial charge in [0.1, 0.15) is 5.75 Å². The second kappa shape index (κ2) is 7.32. The van der Waals surface area contributed by atoms with E-state index in [2.05, 4.69) is 5.32 Å². The highest BCUT2D eigenvalue weighted by molar-refractivity contribution is 6.04. The number of anilines is 1. The maximum absolute atomic E-state index is 12.2. The Hall–Kier alpha value is -2.62. The molecule has 2 aliphatic carbocycles. The summed E-state index contributed by atoms with van der Waals surface area (Å²) >= 11 is 0. The van der Waals surface area contributed by atoms with Crippen LogP contribution in [0.4, 0.5) is 5.69 Å². The van der Waals surface area contributed by atoms with Crippen LogP contribution in [0.1, 0.15) is 42.5 Å². The molecular weight excluding hydrogens is 326 g/mol. The molecule has 0 saturated heterocycles. The van der Waals surface area contributed by atoms with Gasteiger partial charge in [-0.1, -0.05) is 24.6 Å². The van der Waals surface area contributed by atoms with Crippen molar-refractivity contribution >= 4 is 17.6 Å². The molecule has 4 rings (SSSR count). The summed E-state index contributed by atoms with van der Waals surface area (Å²) in [6.45, 7) is 0. The molecule has 0 heterocycles. The number of carbonyl (C=O) groups excluding carboxylic acids is 2. The van der Waals surface area contributed by atoms with Crippen molar-refractivity contribution in [2.45, 2.75) is 32.1 Å². The van der Waals surface area contributed by atoms with Gasteiger partial charge in [0.15, 0.2) is 0 Å². The summed E-state index contributed by atoms with van der Waals surface area (Å²) in [6, 6.07) is 16.0. The SMILES string of the molecule is O=C(CC1CC2CCC1C2)Oc1ccc(NC(=O)c2ccccc2)cc1. The number of benzene rings is 2. The van der Waals surface area contributed by atoms with Crippen molar-refractivity contribution in [3.8, 4) is 5.75 Å². The van der Waals surface area contributed by atoms with E-state index in [1.807, 2.05) is 18.2 Å². The lowest BCUT2D eigenvalue weighted by Gasteiger charge is -2.20. The smallest absolute Gasteiger partial charge is 0.311 e. The van der Waals surface area contributed by atoms with Gasteiger partial charge in [-0.05, 0) is 73.4 Å². The van der Waals surface area contributed by atoms with E-state index in [0.717, 1.165) is 11.8 Å². The van der Waals surface area contributed by atoms with Gasteiger partial charge < -0.3 is 10.1 Å². The van der Waals surface area contributed by atoms with Crippen LogP contribution in [-0.2, 0) is 4.79 Å². The third kappa shape index (κ3) is 3.79. The van der Waals surface area contributed by atoms with E-state index in [4.69, 9.17) is 4.74 Å². The van der Waals surface area contributed by atoms with Crippen LogP contribution < -0.4 is 10.1 Å². The molecule has 3 unspecified atom stereocenters. The van der Waals surface area contributed by atoms with Crippen LogP contribution in [0, 0.1) is 17.8 Å². The van der Waals surface area contributed by atoms with Crippen molar-refractivity contribution in [1.29, 1.82) is 0 Å². The Balaban J connectivity index is 1.30. The van der Waals surface area contributed by atoms with E-state index < -0.39 is 0 Å². The van der Waals surface area contributed by atoms with Gasteiger partial charge in [0, 0.05) is 17.7 Å². The number of hydrogen-bond acceptors (Lipinski definition) is 3. The number of ether oxygens (including phenoxy) is 1. The third-order valence-electron chi connectivity index (χ3n) is 5.69. The fourth-order valence-electron chi connectivity index (χ4n) is 4.41. The predicted molar refractivity (Wildman–Crippen MR) is 100 cm³/mol. The molecule has 2 bridgehead atoms. The molecule has 2 fully saturated rings. The number of hydrogen-bond donors (Lipinski definition) is 1. The molecule has 4 nitrogen and oxygen atoms in total. The molecule has 0 aromatic heterocycles. The zero-order valence-corrected chi connectivity index (χ0v) is 14.7. The summed E-state index contributed by atoms with van der Waals surface area (Å²) < 4.78 is 5.48. The number of rotatable bonds is 5. The van der Waals surface area contributed by atoms with Gasteiger partial charge in [-0.25, -0.2) is 0 Å². The van der Waals surface area contributed by atoms with Crippen molar-refractivity contribution in [3.63, 3.8) is 0 Å². The lowest BCUT2D eigenvalue weighted by atomic mass is 9.86. The minimum atomic E-state index is -0.161. The van der Waals surface area contributed by atoms with E-state index in [1.54, 1.807) is 36.4 Å². The van der Waals surface area contributed by atoms with Gasteiger partial charge in [-0.2, -0.15) is 0 Å². The average molecular weight is 349 g/mol. The molecule has 2 aliphatic rings. The van der Waals surface area contributed by atoms with Crippen molar-refractivity contribution < 1.29 is 14.3 Å². The van der Waals surface area contributed by atoms with Crippen molar-refractivity contribution in [1.82, 2.24) is 0 Å². The van der Waals surface area contributed by atoms with E-state index in [1.165, 1.54) is 25.7 Å². The van der Waals surface area contributed by atoms with Crippen molar-refractivity contribution in [2.24, 2.45) is 17.8 Å². The highest BCUT2D eigenvalue weighted by atomic mass is 16.5. The summed E-state index contributed by atoms with van der Waals surface area (Å²) in [7, 11) is 0. The molecule has 4 heteroatoms. The summed E-state index contributed by atoms with van der Waals surface area (Å²) in [5.74, 6) is 2.28. The van der Waals surface area contributed by atoms with Gasteiger partial charge in [0.25, 0.3) is 5.91 Å². The highest BCUT2D eigenvalue weighted by Crippen LogP contribution is 2.49. The van der Waals surface area contributed by atoms with Crippen LogP contribution in [0.5, 0.6) is 5.75 Å². The zero-order valence-electron chi connectivity index (χ0n) is 14.7. The third-order valence-corrected chi connectivity index (χ3v) is 5.69. The number of amides is 1. The predicted octanol–water partition coefficient (Wildman–Crippen LogP) is 4.67. The van der Waals surface area contributed by atoms with Gasteiger partial charge in [-0.15, -0.1) is 0 Å². The van der Waals surface area contributed by atoms with Gasteiger partial charge in [0.2, 0.25) is 0 Å². The van der Waals surface area contributed by atoms with E-state index in [9.17, 15) is 9.59 Å². The molecule has 0 aliphatic heterocycles. The van der Waals surface area contributed by atoms with E-state index >= 15 is 0 Å². The molecule has 1 amide bonds. The van der Waals surface area contributed by atoms with E-state index in [0.29, 0.717) is 29.3 Å². The van der Waals surface area contributed by atoms with Crippen LogP contribution in [-0.4, -0.2) is 11.9 Å². The number of nitrogens with one attached hydrogen (secondary N) is 1. The molecule has 0 radical (unpaired) electrons. The lowest BCUT2D eigenvalue weighted by molar-refractivity contribution is -0.135. The Morgan fingerprint density at radius 2 is 1.73 bits per heavy atom. The first-order valence-electron chi connectivity index (χ1n) is 9.34. The number of esters is 1. The van der Waals surface area contributed by atoms with Crippen LogP contribution in [0.25, 0.3) is 0 Å². The van der Waals surface area contributed by atoms with Crippen LogP contribution >= 0.6 is 0 Å². The maximum atomic E-state index is 12.2. The first-order chi connectivity index (χ1) is 12.7. The normalized spacial score (nSPS) is 23.6. The Bertz CT molecular complexity index is 785. The van der Waals surface area contributed by atoms with Gasteiger partial charge in [-0.3, -0.25) is 9.59 Å². The van der Waals surface area contributed by atoms with Crippen LogP contribution in [0.2, 0.25) is 0 Å². The first kappa shape index (κ1) is 16.8. The topological polar surface area (TPSA) is 55.4 Å². The standard InChI is InChI=1S/C22H23NO3/c24-21(14-18-13-15-6-7-17(18)12-15)26-20-10-8-19(9-11-20)23-22(25)16-4-2-1-3-5-16/h1-5,8-11,15,17-18H,6-7,12-14H2,(H,23,25). The van der Waals surface area contributed by atoms with E-state index in [-0.39, 0.29) is 11.9 Å². The quantitative estimate of drug-likeness (QED) is 0.630. The molecule has 0 spiro atoms. The molecular formula is C22H23NO3. The maximum Gasteiger partial charge on any atom is 0.311 e. The summed E-state index contributed by atoms with van der Waals surface area (Å²) in [6.07, 6.45) is 5.62. The highest BCUT2D eigenvalue weighted by Gasteiger charge is 2.40. The molecule has 3 atom stereocenters. The Kier molecular flexibility index (Phi) is 4.74. The molecule has 2 aromatic carbocycles. The minimum absolute atomic E-state index is 0.149. The largest absolute Gasteiger partial charge is 0.427 e. The van der Waals surface area contributed by atoms with Crippen LogP contribution in [0.3, 0.4) is 0 Å². The second-order valence-electron chi connectivity index (χ2n) is 7.46. The number of carbonyl (C=O) groups is 2. The van der Waals surface area contributed by atoms with Gasteiger partial charge in [0.05, 0.1) is 0 Å². The Labute approximate surface area is 153 Å². The molecule has 134 valence electrons. The van der Waals surface area contributed by atoms with Gasteiger partial charge >= 0.3 is 5.97 Å². The summed E-state index contributed by atoms with van der Waals surface area (Å²) in [5, 5.41) is 2.84. The lowest BCUT2D eigenvalue weighted by Crippen LogP contribution is -2.18. The fraction of sp³-hybridized carbons (Fsp3) is 0.364. The molecule has 2 saturated carbocycles. The second-order valence-corrected chi connectivity index (χ2v) is 7.46. The Morgan fingerprint density at radius 1 is 0.962 bits per heavy atom. The first-order valence-corrected chi connectivity index (χ1v) is 9.34. The molecule has 1 N–H and O–H groups in total. The number of fused-ring (bicyclic) bond motifs is 2. The fourth-order valence-corrected chi connectivity index (χ4v) is 4.41. The van der Waals surface area contributed by atoms with Crippen LogP contribution in [0.15, 0.2) is 54.6 Å². The summed E-state index contributed by atoms with van der Waals surface area (Å²) in [5.41, 5.74) is 1.28. The zero-order chi connectivity index (χ0) is 17.9. The van der Waals surface area contributed by atoms with Crippen molar-refractivity contribution in [3.05, 3.63) is 60.2 Å². The van der Waals surface area contributed by atoms with Crippen molar-refractivity contribution in [2.75, 3.05) is 5.32 Å². The average Bonchev–Trinajstić information content (AvgIpc) is 3.27. The monoisotopic (exact) mass is 349 g/mol. The Morgan fingerprint density at radius 3 is 2.38 bits per heavy atom. The molecule has 26 heavy (non-hydrogen) atoms. The molecule has 2 aromatic rings. The minimum Gasteiger partial charge on any atom is -0.427 e. The summed E-state index contributed by atoms with van der Waals surface area (Å²) in [4.78, 5) is 24.3.